The predicted octanol–water partition coefficient (Wildman–Crippen LogP) is 5.38. The van der Waals surface area contributed by atoms with Crippen molar-refractivity contribution in [2.45, 2.75) is 58.3 Å². The lowest BCUT2D eigenvalue weighted by molar-refractivity contribution is 0.0697. The van der Waals surface area contributed by atoms with Gasteiger partial charge in [-0.3, -0.25) is 4.90 Å². The largest absolute Gasteiger partial charge is 0.478 e. The molecule has 3 aliphatic rings. The zero-order valence-corrected chi connectivity index (χ0v) is 27.1. The number of hydrogen-bond acceptors (Lipinski definition) is 7. The quantitative estimate of drug-likeness (QED) is 0.240. The number of aromatic nitrogens is 5. The van der Waals surface area contributed by atoms with Crippen LogP contribution in [0.5, 0.6) is 0 Å². The number of aromatic carboxylic acids is 1. The number of benzene rings is 2. The first-order valence-electron chi connectivity index (χ1n) is 16.7. The average Bonchev–Trinajstić information content (AvgIpc) is 3.36. The van der Waals surface area contributed by atoms with Gasteiger partial charge < -0.3 is 19.1 Å². The van der Waals surface area contributed by atoms with Crippen molar-refractivity contribution in [1.82, 2.24) is 29.0 Å². The lowest BCUT2D eigenvalue weighted by Crippen LogP contribution is -2.37. The molecule has 11 heteroatoms. The number of aryl methyl sites for hydroxylation is 1. The van der Waals surface area contributed by atoms with Crippen molar-refractivity contribution < 1.29 is 14.3 Å². The summed E-state index contributed by atoms with van der Waals surface area (Å²) in [5.74, 6) is 2.33. The number of piperidine rings is 1. The molecule has 10 nitrogen and oxygen atoms in total. The van der Waals surface area contributed by atoms with E-state index in [0.717, 1.165) is 72.4 Å². The van der Waals surface area contributed by atoms with Gasteiger partial charge in [-0.05, 0) is 86.2 Å². The molecule has 2 fully saturated rings. The van der Waals surface area contributed by atoms with Crippen LogP contribution in [0.2, 0.25) is 0 Å². The van der Waals surface area contributed by atoms with E-state index in [1.54, 1.807) is 24.4 Å². The molecule has 0 bridgehead atoms. The number of nitriles is 1. The zero-order chi connectivity index (χ0) is 33.2. The summed E-state index contributed by atoms with van der Waals surface area (Å²) in [5, 5.41) is 18.9. The first-order chi connectivity index (χ1) is 23.3. The maximum atomic E-state index is 14.9. The van der Waals surface area contributed by atoms with E-state index in [-0.39, 0.29) is 16.8 Å². The van der Waals surface area contributed by atoms with E-state index in [1.807, 2.05) is 18.3 Å². The minimum atomic E-state index is -0.958. The van der Waals surface area contributed by atoms with Crippen LogP contribution >= 0.6 is 0 Å². The van der Waals surface area contributed by atoms with Crippen molar-refractivity contribution in [2.75, 3.05) is 24.5 Å². The highest BCUT2D eigenvalue weighted by atomic mass is 19.1. The summed E-state index contributed by atoms with van der Waals surface area (Å²) >= 11 is 0. The fraction of sp³-hybridized carbons (Fsp3) is 0.378. The molecular weight excluding hydrogens is 607 g/mol. The molecule has 5 heterocycles. The molecule has 3 unspecified atom stereocenters. The summed E-state index contributed by atoms with van der Waals surface area (Å²) in [6.45, 7) is 9.35. The Morgan fingerprint density at radius 3 is 2.79 bits per heavy atom. The molecule has 48 heavy (non-hydrogen) atoms. The highest BCUT2D eigenvalue weighted by Gasteiger charge is 2.65. The Kier molecular flexibility index (Phi) is 7.29. The minimum Gasteiger partial charge on any atom is -0.478 e. The molecule has 8 rings (SSSR count). The fourth-order valence-electron chi connectivity index (χ4n) is 8.33. The molecule has 3 aromatic heterocycles. The molecule has 2 aromatic carbocycles. The van der Waals surface area contributed by atoms with E-state index in [0.29, 0.717) is 49.0 Å². The molecule has 1 saturated carbocycles. The average molecular weight is 645 g/mol. The van der Waals surface area contributed by atoms with Gasteiger partial charge in [-0.1, -0.05) is 13.0 Å². The van der Waals surface area contributed by atoms with Gasteiger partial charge in [0.1, 0.15) is 23.3 Å². The number of hydrogen-bond donors (Lipinski definition) is 1. The van der Waals surface area contributed by atoms with E-state index in [1.165, 1.54) is 6.07 Å². The van der Waals surface area contributed by atoms with Crippen LogP contribution in [0.4, 0.5) is 10.2 Å². The van der Waals surface area contributed by atoms with Crippen molar-refractivity contribution in [3.8, 4) is 6.07 Å². The number of likely N-dealkylation sites (tertiary alicyclic amines) is 1. The van der Waals surface area contributed by atoms with Crippen LogP contribution in [0.1, 0.15) is 64.7 Å². The van der Waals surface area contributed by atoms with E-state index in [9.17, 15) is 19.6 Å². The molecule has 1 aliphatic carbocycles. The molecule has 244 valence electrons. The van der Waals surface area contributed by atoms with Gasteiger partial charge >= 0.3 is 5.97 Å². The highest BCUT2D eigenvalue weighted by molar-refractivity contribution is 5.92. The van der Waals surface area contributed by atoms with E-state index >= 15 is 0 Å². The van der Waals surface area contributed by atoms with Gasteiger partial charge in [0.15, 0.2) is 0 Å². The number of imidazole rings is 2. The number of carbonyl (C=O) groups is 1. The number of rotatable bonds is 8. The number of anilines is 1. The first kappa shape index (κ1) is 30.3. The SMILES string of the molecule is CCn1ccnc1Cn1c(CN2CCC3(c4cccc(N5CCc6cc(C#N)cc(F)c6C5)n4)C(C)C3C2)nc2ccc(C(=O)O)cc21. The van der Waals surface area contributed by atoms with Crippen molar-refractivity contribution in [1.29, 1.82) is 5.26 Å². The predicted molar refractivity (Wildman–Crippen MR) is 178 cm³/mol. The third kappa shape index (κ3) is 4.94. The van der Waals surface area contributed by atoms with Crippen molar-refractivity contribution in [3.05, 3.63) is 106 Å². The molecule has 0 amide bonds. The van der Waals surface area contributed by atoms with Gasteiger partial charge in [0.2, 0.25) is 0 Å². The molecule has 0 spiro atoms. The number of fused-ring (bicyclic) bond motifs is 3. The van der Waals surface area contributed by atoms with E-state index in [4.69, 9.17) is 9.97 Å². The monoisotopic (exact) mass is 644 g/mol. The number of halogens is 1. The fourth-order valence-corrected chi connectivity index (χ4v) is 8.33. The number of carboxylic acid groups (broad SMARTS) is 1. The Hall–Kier alpha value is -5.08. The standard InChI is InChI=1S/C37H37FN8O2/c1-3-44-14-11-40-34(44)22-46-31-17-26(36(47)48)7-8-30(31)41-35(46)21-43-13-10-37(23(2)28(37)20-43)32-5-4-6-33(42-32)45-12-9-25-15-24(18-39)16-29(38)27(25)19-45/h4-8,11,14-17,23,28H,3,9-10,12-13,19-22H2,1-2H3,(H,47,48). The molecule has 2 aliphatic heterocycles. The third-order valence-electron chi connectivity index (χ3n) is 11.1. The van der Waals surface area contributed by atoms with Crippen LogP contribution in [0.15, 0.2) is 60.9 Å². The van der Waals surface area contributed by atoms with Gasteiger partial charge in [-0.2, -0.15) is 5.26 Å². The third-order valence-corrected chi connectivity index (χ3v) is 11.1. The Labute approximate surface area is 278 Å². The summed E-state index contributed by atoms with van der Waals surface area (Å²) in [4.78, 5) is 31.3. The lowest BCUT2D eigenvalue weighted by atomic mass is 9.89. The maximum Gasteiger partial charge on any atom is 0.335 e. The Morgan fingerprint density at radius 1 is 1.12 bits per heavy atom. The van der Waals surface area contributed by atoms with Gasteiger partial charge in [0, 0.05) is 55.2 Å². The maximum absolute atomic E-state index is 14.9. The van der Waals surface area contributed by atoms with Crippen molar-refractivity contribution in [2.24, 2.45) is 11.8 Å². The van der Waals surface area contributed by atoms with Crippen molar-refractivity contribution in [3.63, 3.8) is 0 Å². The van der Waals surface area contributed by atoms with Crippen LogP contribution in [-0.2, 0) is 38.0 Å². The number of pyridine rings is 1. The van der Waals surface area contributed by atoms with Crippen molar-refractivity contribution >= 4 is 22.8 Å². The summed E-state index contributed by atoms with van der Waals surface area (Å²) in [6.07, 6.45) is 5.42. The van der Waals surface area contributed by atoms with Crippen LogP contribution in [0.25, 0.3) is 11.0 Å². The van der Waals surface area contributed by atoms with Gasteiger partial charge in [0.25, 0.3) is 0 Å². The summed E-state index contributed by atoms with van der Waals surface area (Å²) in [7, 11) is 0. The van der Waals surface area contributed by atoms with E-state index < -0.39 is 5.97 Å². The second kappa shape index (κ2) is 11.6. The lowest BCUT2D eigenvalue weighted by Gasteiger charge is -2.33. The topological polar surface area (TPSA) is 116 Å². The molecule has 1 saturated heterocycles. The Bertz CT molecular complexity index is 2110. The zero-order valence-electron chi connectivity index (χ0n) is 27.1. The highest BCUT2D eigenvalue weighted by Crippen LogP contribution is 2.63. The van der Waals surface area contributed by atoms with Gasteiger partial charge in [0.05, 0.1) is 41.3 Å². The number of carboxylic acids is 1. The molecular formula is C37H37FN8O2. The van der Waals surface area contributed by atoms with Crippen LogP contribution in [0, 0.1) is 29.0 Å². The second-order valence-electron chi connectivity index (χ2n) is 13.4. The normalized spacial score (nSPS) is 21.9. The Balaban J connectivity index is 1.03. The molecule has 1 N–H and O–H groups in total. The summed E-state index contributed by atoms with van der Waals surface area (Å²) in [6, 6.07) is 16.6. The summed E-state index contributed by atoms with van der Waals surface area (Å²) in [5.41, 5.74) is 4.87. The van der Waals surface area contributed by atoms with Gasteiger partial charge in [-0.15, -0.1) is 0 Å². The van der Waals surface area contributed by atoms with Crippen LogP contribution < -0.4 is 4.90 Å². The molecule has 5 aromatic rings. The molecule has 3 atom stereocenters. The van der Waals surface area contributed by atoms with Crippen LogP contribution in [0.3, 0.4) is 0 Å². The van der Waals surface area contributed by atoms with Gasteiger partial charge in [-0.25, -0.2) is 24.1 Å². The van der Waals surface area contributed by atoms with E-state index in [2.05, 4.69) is 56.0 Å². The minimum absolute atomic E-state index is 0.00948. The summed E-state index contributed by atoms with van der Waals surface area (Å²) < 4.78 is 19.1. The second-order valence-corrected chi connectivity index (χ2v) is 13.4. The number of nitrogens with zero attached hydrogens (tertiary/aromatic N) is 8. The van der Waals surface area contributed by atoms with Crippen LogP contribution in [-0.4, -0.2) is 59.7 Å². The molecule has 0 radical (unpaired) electrons. The first-order valence-corrected chi connectivity index (χ1v) is 16.7. The Morgan fingerprint density at radius 2 is 2.00 bits per heavy atom. The smallest absolute Gasteiger partial charge is 0.335 e.